The predicted octanol–water partition coefficient (Wildman–Crippen LogP) is 3.67. The molecule has 4 nitrogen and oxygen atoms in total. The Bertz CT molecular complexity index is 853. The molecule has 0 saturated carbocycles. The van der Waals surface area contributed by atoms with Crippen molar-refractivity contribution in [3.05, 3.63) is 70.8 Å². The average Bonchev–Trinajstić information content (AvgIpc) is 2.60. The first kappa shape index (κ1) is 18.0. The molecule has 6 heteroatoms. The molecule has 0 spiro atoms. The Morgan fingerprint density at radius 3 is 2.65 bits per heavy atom. The molecule has 1 N–H and O–H groups in total. The van der Waals surface area contributed by atoms with Crippen LogP contribution in [0.25, 0.3) is 0 Å². The Morgan fingerprint density at radius 1 is 1.23 bits per heavy atom. The van der Waals surface area contributed by atoms with Crippen LogP contribution in [0.4, 0.5) is 8.78 Å². The molecular weight excluding hydrogens is 340 g/mol. The number of hydrogen-bond donors (Lipinski definition) is 1. The first-order valence-electron chi connectivity index (χ1n) is 8.40. The van der Waals surface area contributed by atoms with E-state index in [1.54, 1.807) is 19.1 Å². The highest BCUT2D eigenvalue weighted by Crippen LogP contribution is 2.30. The van der Waals surface area contributed by atoms with Gasteiger partial charge >= 0.3 is 5.97 Å². The second-order valence-corrected chi connectivity index (χ2v) is 6.63. The Kier molecular flexibility index (Phi) is 5.02. The van der Waals surface area contributed by atoms with Gasteiger partial charge in [-0.05, 0) is 28.7 Å². The monoisotopic (exact) mass is 359 g/mol. The fourth-order valence-corrected chi connectivity index (χ4v) is 3.41. The van der Waals surface area contributed by atoms with Crippen molar-refractivity contribution in [2.24, 2.45) is 0 Å². The van der Waals surface area contributed by atoms with E-state index in [4.69, 9.17) is 0 Å². The number of carbonyl (C=O) groups is 2. The zero-order valence-electron chi connectivity index (χ0n) is 14.3. The van der Waals surface area contributed by atoms with Gasteiger partial charge in [0.05, 0.1) is 5.92 Å². The lowest BCUT2D eigenvalue weighted by Crippen LogP contribution is -2.41. The number of amides is 1. The third-order valence-corrected chi connectivity index (χ3v) is 4.82. The summed E-state index contributed by atoms with van der Waals surface area (Å²) in [7, 11) is 0. The summed E-state index contributed by atoms with van der Waals surface area (Å²) in [5.41, 5.74) is 1.80. The third kappa shape index (κ3) is 3.59. The summed E-state index contributed by atoms with van der Waals surface area (Å²) in [5, 5.41) is 9.48. The zero-order chi connectivity index (χ0) is 18.8. The molecule has 136 valence electrons. The molecular formula is C20H19F2NO3. The molecule has 1 aliphatic heterocycles. The topological polar surface area (TPSA) is 57.6 Å². The van der Waals surface area contributed by atoms with E-state index in [1.807, 2.05) is 12.1 Å². The molecule has 2 atom stereocenters. The van der Waals surface area contributed by atoms with Gasteiger partial charge in [-0.2, -0.15) is 0 Å². The number of carboxylic acid groups (broad SMARTS) is 1. The van der Waals surface area contributed by atoms with Gasteiger partial charge in [0, 0.05) is 25.6 Å². The summed E-state index contributed by atoms with van der Waals surface area (Å²) >= 11 is 0. The Morgan fingerprint density at radius 2 is 1.96 bits per heavy atom. The normalized spacial score (nSPS) is 17.5. The van der Waals surface area contributed by atoms with E-state index in [-0.39, 0.29) is 24.4 Å². The van der Waals surface area contributed by atoms with Crippen LogP contribution in [0.5, 0.6) is 0 Å². The Balaban J connectivity index is 1.77. The van der Waals surface area contributed by atoms with Crippen LogP contribution in [-0.4, -0.2) is 28.4 Å². The maximum atomic E-state index is 13.9. The second-order valence-electron chi connectivity index (χ2n) is 6.63. The highest BCUT2D eigenvalue weighted by Gasteiger charge is 2.32. The van der Waals surface area contributed by atoms with E-state index >= 15 is 0 Å². The quantitative estimate of drug-likeness (QED) is 0.906. The van der Waals surface area contributed by atoms with E-state index in [0.29, 0.717) is 6.54 Å². The third-order valence-electron chi connectivity index (χ3n) is 4.82. The van der Waals surface area contributed by atoms with Gasteiger partial charge in [0.15, 0.2) is 0 Å². The van der Waals surface area contributed by atoms with Crippen molar-refractivity contribution in [3.63, 3.8) is 0 Å². The molecule has 26 heavy (non-hydrogen) atoms. The fraction of sp³-hybridized carbons (Fsp3) is 0.300. The van der Waals surface area contributed by atoms with Gasteiger partial charge in [0.1, 0.15) is 11.6 Å². The molecule has 0 bridgehead atoms. The van der Waals surface area contributed by atoms with Crippen molar-refractivity contribution >= 4 is 11.9 Å². The first-order valence-corrected chi connectivity index (χ1v) is 8.40. The van der Waals surface area contributed by atoms with Gasteiger partial charge in [0.25, 0.3) is 0 Å². The molecule has 0 aromatic heterocycles. The van der Waals surface area contributed by atoms with E-state index in [9.17, 15) is 23.5 Å². The van der Waals surface area contributed by atoms with Crippen molar-refractivity contribution < 1.29 is 23.5 Å². The number of carbonyl (C=O) groups excluding carboxylic acids is 1. The van der Waals surface area contributed by atoms with Crippen molar-refractivity contribution in [3.8, 4) is 0 Å². The molecule has 0 radical (unpaired) electrons. The van der Waals surface area contributed by atoms with Gasteiger partial charge in [-0.3, -0.25) is 9.59 Å². The number of aliphatic carboxylic acids is 1. The molecule has 1 heterocycles. The first-order chi connectivity index (χ1) is 12.4. The van der Waals surface area contributed by atoms with E-state index < -0.39 is 29.4 Å². The molecule has 2 aromatic carbocycles. The molecule has 2 unspecified atom stereocenters. The van der Waals surface area contributed by atoms with Gasteiger partial charge in [-0.15, -0.1) is 0 Å². The highest BCUT2D eigenvalue weighted by atomic mass is 19.1. The molecule has 3 rings (SSSR count). The van der Waals surface area contributed by atoms with Gasteiger partial charge in [-0.1, -0.05) is 37.3 Å². The van der Waals surface area contributed by atoms with Crippen LogP contribution in [0.1, 0.15) is 41.9 Å². The highest BCUT2D eigenvalue weighted by molar-refractivity contribution is 5.82. The van der Waals surface area contributed by atoms with Crippen molar-refractivity contribution in [2.45, 2.75) is 31.7 Å². The fourth-order valence-electron chi connectivity index (χ4n) is 3.41. The maximum absolute atomic E-state index is 13.9. The minimum Gasteiger partial charge on any atom is -0.481 e. The number of fused-ring (bicyclic) bond motifs is 1. The summed E-state index contributed by atoms with van der Waals surface area (Å²) in [6.07, 6.45) is 0.0249. The predicted molar refractivity (Wildman–Crippen MR) is 91.6 cm³/mol. The average molecular weight is 359 g/mol. The lowest BCUT2D eigenvalue weighted by Gasteiger charge is -2.33. The van der Waals surface area contributed by atoms with Crippen LogP contribution in [0, 0.1) is 11.6 Å². The number of halogens is 2. The smallest absolute Gasteiger partial charge is 0.312 e. The summed E-state index contributed by atoms with van der Waals surface area (Å²) in [6.45, 7) is 2.11. The van der Waals surface area contributed by atoms with Crippen LogP contribution in [-0.2, 0) is 16.1 Å². The van der Waals surface area contributed by atoms with Crippen LogP contribution >= 0.6 is 0 Å². The van der Waals surface area contributed by atoms with Gasteiger partial charge in [-0.25, -0.2) is 8.78 Å². The summed E-state index contributed by atoms with van der Waals surface area (Å²) in [5.74, 6) is -3.79. The summed E-state index contributed by atoms with van der Waals surface area (Å²) < 4.78 is 27.0. The van der Waals surface area contributed by atoms with E-state index in [1.165, 1.54) is 11.0 Å². The van der Waals surface area contributed by atoms with Gasteiger partial charge < -0.3 is 10.0 Å². The standard InChI is InChI=1S/C20H19F2NO3/c1-12(15-7-6-14(21)9-18(15)22)8-19(24)23-10-13-4-2-3-5-16(13)17(11-23)20(25)26/h2-7,9,12,17H,8,10-11H2,1H3,(H,25,26). The van der Waals surface area contributed by atoms with E-state index in [2.05, 4.69) is 0 Å². The Hall–Kier alpha value is -2.76. The number of hydrogen-bond acceptors (Lipinski definition) is 2. The molecule has 1 aliphatic rings. The number of carboxylic acids is 1. The minimum atomic E-state index is -0.979. The van der Waals surface area contributed by atoms with Crippen LogP contribution in [0.2, 0.25) is 0 Å². The SMILES string of the molecule is CC(CC(=O)N1Cc2ccccc2C(C(=O)O)C1)c1ccc(F)cc1F. The van der Waals surface area contributed by atoms with Gasteiger partial charge in [0.2, 0.25) is 5.91 Å². The number of rotatable bonds is 4. The van der Waals surface area contributed by atoms with Crippen molar-refractivity contribution in [1.29, 1.82) is 0 Å². The molecule has 0 fully saturated rings. The number of benzene rings is 2. The molecule has 2 aromatic rings. The lowest BCUT2D eigenvalue weighted by molar-refractivity contribution is -0.141. The van der Waals surface area contributed by atoms with Crippen molar-refractivity contribution in [2.75, 3.05) is 6.54 Å². The summed E-state index contributed by atoms with van der Waals surface area (Å²) in [6, 6.07) is 10.5. The maximum Gasteiger partial charge on any atom is 0.312 e. The summed E-state index contributed by atoms with van der Waals surface area (Å²) in [4.78, 5) is 25.8. The lowest BCUT2D eigenvalue weighted by atomic mass is 9.89. The number of nitrogens with zero attached hydrogens (tertiary/aromatic N) is 1. The molecule has 0 saturated heterocycles. The Labute approximate surface area is 150 Å². The van der Waals surface area contributed by atoms with Crippen molar-refractivity contribution in [1.82, 2.24) is 4.90 Å². The largest absolute Gasteiger partial charge is 0.481 e. The second kappa shape index (κ2) is 7.23. The van der Waals surface area contributed by atoms with Crippen LogP contribution in [0.15, 0.2) is 42.5 Å². The zero-order valence-corrected chi connectivity index (χ0v) is 14.3. The van der Waals surface area contributed by atoms with Crippen LogP contribution < -0.4 is 0 Å². The molecule has 0 aliphatic carbocycles. The molecule has 1 amide bonds. The van der Waals surface area contributed by atoms with Crippen LogP contribution in [0.3, 0.4) is 0 Å². The minimum absolute atomic E-state index is 0.0249. The van der Waals surface area contributed by atoms with E-state index in [0.717, 1.165) is 23.3 Å².